The van der Waals surface area contributed by atoms with E-state index in [1.165, 1.54) is 14.2 Å². The quantitative estimate of drug-likeness (QED) is 0.405. The van der Waals surface area contributed by atoms with Gasteiger partial charge in [0.25, 0.3) is 0 Å². The van der Waals surface area contributed by atoms with Gasteiger partial charge in [-0.1, -0.05) is 12.1 Å². The standard InChI is InChI=1S/C21H21NO6/c1-4-6-15-9-14(10-18(26-2)20(15)28-13-19(23)24)12-22-17-8-5-7-16(11-17)21(25)27-3/h4-5,7-12H,1,6,13H2,2-3H3,(H,23,24). The lowest BCUT2D eigenvalue weighted by atomic mass is 10.1. The van der Waals surface area contributed by atoms with E-state index < -0.39 is 18.5 Å². The van der Waals surface area contributed by atoms with E-state index in [0.717, 1.165) is 11.1 Å². The third kappa shape index (κ3) is 5.44. The first-order valence-corrected chi connectivity index (χ1v) is 8.37. The molecule has 0 aromatic heterocycles. The Kier molecular flexibility index (Phi) is 7.33. The Morgan fingerprint density at radius 2 is 2.00 bits per heavy atom. The molecular weight excluding hydrogens is 362 g/mol. The summed E-state index contributed by atoms with van der Waals surface area (Å²) in [6.45, 7) is 3.24. The summed E-state index contributed by atoms with van der Waals surface area (Å²) in [5, 5.41) is 8.86. The van der Waals surface area contributed by atoms with Crippen LogP contribution in [0.3, 0.4) is 0 Å². The first-order chi connectivity index (χ1) is 13.5. The maximum atomic E-state index is 11.6. The number of hydrogen-bond acceptors (Lipinski definition) is 6. The molecule has 0 aliphatic carbocycles. The fraction of sp³-hybridized carbons (Fsp3) is 0.190. The minimum absolute atomic E-state index is 0.356. The first-order valence-electron chi connectivity index (χ1n) is 8.37. The molecule has 0 fully saturated rings. The predicted molar refractivity (Wildman–Crippen MR) is 105 cm³/mol. The van der Waals surface area contributed by atoms with Crippen LogP contribution in [0, 0.1) is 0 Å². The van der Waals surface area contributed by atoms with Crippen molar-refractivity contribution in [3.8, 4) is 11.5 Å². The van der Waals surface area contributed by atoms with Crippen molar-refractivity contribution in [2.75, 3.05) is 20.8 Å². The number of rotatable bonds is 9. The van der Waals surface area contributed by atoms with Gasteiger partial charge in [0, 0.05) is 11.8 Å². The number of hydrogen-bond donors (Lipinski definition) is 1. The number of ether oxygens (including phenoxy) is 3. The summed E-state index contributed by atoms with van der Waals surface area (Å²) in [6, 6.07) is 10.2. The molecule has 0 saturated carbocycles. The molecule has 0 atom stereocenters. The van der Waals surface area contributed by atoms with E-state index in [9.17, 15) is 9.59 Å². The van der Waals surface area contributed by atoms with E-state index >= 15 is 0 Å². The van der Waals surface area contributed by atoms with Gasteiger partial charge in [-0.25, -0.2) is 9.59 Å². The van der Waals surface area contributed by atoms with Gasteiger partial charge in [0.1, 0.15) is 0 Å². The molecule has 2 aromatic rings. The van der Waals surface area contributed by atoms with Crippen LogP contribution < -0.4 is 9.47 Å². The Balaban J connectivity index is 2.36. The molecule has 0 saturated heterocycles. The van der Waals surface area contributed by atoms with Crippen LogP contribution in [0.5, 0.6) is 11.5 Å². The van der Waals surface area contributed by atoms with Crippen LogP contribution in [0.2, 0.25) is 0 Å². The Labute approximate surface area is 162 Å². The van der Waals surface area contributed by atoms with Gasteiger partial charge < -0.3 is 19.3 Å². The van der Waals surface area contributed by atoms with Gasteiger partial charge in [0.15, 0.2) is 18.1 Å². The van der Waals surface area contributed by atoms with Crippen LogP contribution >= 0.6 is 0 Å². The number of allylic oxidation sites excluding steroid dienone is 1. The van der Waals surface area contributed by atoms with E-state index in [4.69, 9.17) is 19.3 Å². The van der Waals surface area contributed by atoms with Gasteiger partial charge in [-0.3, -0.25) is 4.99 Å². The molecular formula is C21H21NO6. The normalized spacial score (nSPS) is 10.5. The lowest BCUT2D eigenvalue weighted by Gasteiger charge is -2.14. The Bertz CT molecular complexity index is 904. The third-order valence-corrected chi connectivity index (χ3v) is 3.71. The third-order valence-electron chi connectivity index (χ3n) is 3.71. The van der Waals surface area contributed by atoms with Crippen LogP contribution in [0.15, 0.2) is 54.0 Å². The number of benzene rings is 2. The van der Waals surface area contributed by atoms with Crippen LogP contribution in [0.4, 0.5) is 5.69 Å². The Morgan fingerprint density at radius 3 is 2.64 bits per heavy atom. The number of carboxylic acids is 1. The molecule has 2 aromatic carbocycles. The summed E-state index contributed by atoms with van der Waals surface area (Å²) in [6.07, 6.45) is 3.76. The molecule has 0 aliphatic rings. The molecule has 1 N–H and O–H groups in total. The highest BCUT2D eigenvalue weighted by Crippen LogP contribution is 2.33. The van der Waals surface area contributed by atoms with Gasteiger partial charge in [-0.15, -0.1) is 6.58 Å². The van der Waals surface area contributed by atoms with Crippen molar-refractivity contribution in [2.45, 2.75) is 6.42 Å². The molecule has 0 heterocycles. The molecule has 0 radical (unpaired) electrons. The Morgan fingerprint density at radius 1 is 1.21 bits per heavy atom. The highest BCUT2D eigenvalue weighted by Gasteiger charge is 2.14. The van der Waals surface area contributed by atoms with Crippen molar-refractivity contribution in [3.63, 3.8) is 0 Å². The molecule has 0 unspecified atom stereocenters. The zero-order valence-corrected chi connectivity index (χ0v) is 15.7. The predicted octanol–water partition coefficient (Wildman–Crippen LogP) is 3.42. The van der Waals surface area contributed by atoms with Gasteiger partial charge >= 0.3 is 11.9 Å². The molecule has 0 aliphatic heterocycles. The maximum Gasteiger partial charge on any atom is 0.341 e. The number of aliphatic imine (C=N–C) groups is 1. The monoisotopic (exact) mass is 383 g/mol. The number of aliphatic carboxylic acids is 1. The van der Waals surface area contributed by atoms with Crippen molar-refractivity contribution in [1.29, 1.82) is 0 Å². The van der Waals surface area contributed by atoms with E-state index in [-0.39, 0.29) is 0 Å². The molecule has 2 rings (SSSR count). The van der Waals surface area contributed by atoms with Gasteiger partial charge in [-0.2, -0.15) is 0 Å². The van der Waals surface area contributed by atoms with Crippen molar-refractivity contribution in [1.82, 2.24) is 0 Å². The van der Waals surface area contributed by atoms with Crippen LogP contribution in [-0.2, 0) is 16.0 Å². The highest BCUT2D eigenvalue weighted by atomic mass is 16.5. The summed E-state index contributed by atoms with van der Waals surface area (Å²) in [5.41, 5.74) is 2.43. The molecule has 28 heavy (non-hydrogen) atoms. The van der Waals surface area contributed by atoms with Crippen LogP contribution in [-0.4, -0.2) is 44.1 Å². The fourth-order valence-electron chi connectivity index (χ4n) is 2.49. The molecule has 0 bridgehead atoms. The second-order valence-electron chi connectivity index (χ2n) is 5.69. The summed E-state index contributed by atoms with van der Waals surface area (Å²) in [4.78, 5) is 26.8. The van der Waals surface area contributed by atoms with E-state index in [2.05, 4.69) is 11.6 Å². The number of esters is 1. The van der Waals surface area contributed by atoms with Gasteiger partial charge in [0.05, 0.1) is 25.5 Å². The summed E-state index contributed by atoms with van der Waals surface area (Å²) in [7, 11) is 2.79. The second kappa shape index (κ2) is 9.91. The molecule has 7 nitrogen and oxygen atoms in total. The minimum atomic E-state index is -1.08. The summed E-state index contributed by atoms with van der Waals surface area (Å²) in [5.74, 6) is -0.769. The van der Waals surface area contributed by atoms with E-state index in [0.29, 0.717) is 29.2 Å². The Hall–Kier alpha value is -3.61. The topological polar surface area (TPSA) is 94.4 Å². The number of carboxylic acid groups (broad SMARTS) is 1. The summed E-state index contributed by atoms with van der Waals surface area (Å²) >= 11 is 0. The van der Waals surface area contributed by atoms with Crippen molar-refractivity contribution < 1.29 is 28.9 Å². The number of methoxy groups -OCH3 is 2. The molecule has 0 spiro atoms. The van der Waals surface area contributed by atoms with Gasteiger partial charge in [0.2, 0.25) is 0 Å². The minimum Gasteiger partial charge on any atom is -0.493 e. The first kappa shape index (κ1) is 20.7. The zero-order chi connectivity index (χ0) is 20.5. The SMILES string of the molecule is C=CCc1cc(C=Nc2cccc(C(=O)OC)c2)cc(OC)c1OCC(=O)O. The van der Waals surface area contributed by atoms with Crippen LogP contribution in [0.25, 0.3) is 0 Å². The largest absolute Gasteiger partial charge is 0.493 e. The van der Waals surface area contributed by atoms with E-state index in [1.807, 2.05) is 6.07 Å². The lowest BCUT2D eigenvalue weighted by molar-refractivity contribution is -0.139. The maximum absolute atomic E-state index is 11.6. The zero-order valence-electron chi connectivity index (χ0n) is 15.7. The van der Waals surface area contributed by atoms with Crippen molar-refractivity contribution >= 4 is 23.8 Å². The highest BCUT2D eigenvalue weighted by molar-refractivity contribution is 5.91. The lowest BCUT2D eigenvalue weighted by Crippen LogP contribution is -2.11. The van der Waals surface area contributed by atoms with E-state index in [1.54, 1.807) is 42.6 Å². The number of nitrogens with zero attached hydrogens (tertiary/aromatic N) is 1. The number of carbonyl (C=O) groups is 2. The van der Waals surface area contributed by atoms with Crippen molar-refractivity contribution in [2.24, 2.45) is 4.99 Å². The average molecular weight is 383 g/mol. The smallest absolute Gasteiger partial charge is 0.341 e. The second-order valence-corrected chi connectivity index (χ2v) is 5.69. The fourth-order valence-corrected chi connectivity index (χ4v) is 2.49. The average Bonchev–Trinajstić information content (AvgIpc) is 2.70. The summed E-state index contributed by atoms with van der Waals surface area (Å²) < 4.78 is 15.4. The molecule has 7 heteroatoms. The number of carbonyl (C=O) groups excluding carboxylic acids is 1. The molecule has 0 amide bonds. The molecule has 146 valence electrons. The van der Waals surface area contributed by atoms with Crippen LogP contribution in [0.1, 0.15) is 21.5 Å². The van der Waals surface area contributed by atoms with Crippen molar-refractivity contribution in [3.05, 3.63) is 65.7 Å². The van der Waals surface area contributed by atoms with Gasteiger partial charge in [-0.05, 0) is 42.3 Å².